The Kier molecular flexibility index (Phi) is 4.78. The third kappa shape index (κ3) is 3.60. The number of carbonyl (C=O) groups excluding carboxylic acids is 1. The van der Waals surface area contributed by atoms with Gasteiger partial charge in [0.2, 0.25) is 0 Å². The molecular formula is C12H19N5O2S. The van der Waals surface area contributed by atoms with Crippen LogP contribution in [0.25, 0.3) is 0 Å². The van der Waals surface area contributed by atoms with Gasteiger partial charge in [0.05, 0.1) is 5.69 Å². The van der Waals surface area contributed by atoms with E-state index in [0.717, 1.165) is 36.3 Å². The predicted molar refractivity (Wildman–Crippen MR) is 78.1 cm³/mol. The molecule has 0 aromatic carbocycles. The van der Waals surface area contributed by atoms with Gasteiger partial charge in [0.15, 0.2) is 11.1 Å². The Morgan fingerprint density at radius 3 is 3.15 bits per heavy atom. The normalized spacial score (nSPS) is 17.1. The first-order chi connectivity index (χ1) is 9.60. The molecule has 0 saturated heterocycles. The number of guanidine groups is 1. The first-order valence-corrected chi connectivity index (χ1v) is 7.47. The van der Waals surface area contributed by atoms with Crippen LogP contribution < -0.4 is 16.4 Å². The molecule has 0 saturated carbocycles. The SMILES string of the molecule is CCCNC(=O)OC1CCCc2sc(NC(=N)N)nc21. The van der Waals surface area contributed by atoms with E-state index >= 15 is 0 Å². The minimum absolute atomic E-state index is 0.144. The number of hydrogen-bond acceptors (Lipinski definition) is 5. The summed E-state index contributed by atoms with van der Waals surface area (Å²) in [6.45, 7) is 2.59. The average Bonchev–Trinajstić information content (AvgIpc) is 2.79. The van der Waals surface area contributed by atoms with Crippen LogP contribution in [-0.2, 0) is 11.2 Å². The lowest BCUT2D eigenvalue weighted by Gasteiger charge is -2.21. The van der Waals surface area contributed by atoms with Crippen molar-refractivity contribution in [1.29, 1.82) is 5.41 Å². The van der Waals surface area contributed by atoms with Crippen LogP contribution in [0.3, 0.4) is 0 Å². The molecule has 1 aliphatic carbocycles. The Labute approximate surface area is 121 Å². The second-order valence-electron chi connectivity index (χ2n) is 4.58. The van der Waals surface area contributed by atoms with Gasteiger partial charge in [0.25, 0.3) is 0 Å². The smallest absolute Gasteiger partial charge is 0.407 e. The van der Waals surface area contributed by atoms with Crippen molar-refractivity contribution < 1.29 is 9.53 Å². The van der Waals surface area contributed by atoms with Gasteiger partial charge >= 0.3 is 6.09 Å². The minimum atomic E-state index is -0.404. The van der Waals surface area contributed by atoms with E-state index in [1.165, 1.54) is 11.3 Å². The van der Waals surface area contributed by atoms with E-state index in [-0.39, 0.29) is 12.1 Å². The maximum atomic E-state index is 11.6. The molecule has 0 bridgehead atoms. The summed E-state index contributed by atoms with van der Waals surface area (Å²) in [4.78, 5) is 17.1. The second kappa shape index (κ2) is 6.56. The molecule has 20 heavy (non-hydrogen) atoms. The Balaban J connectivity index is 2.05. The molecule has 110 valence electrons. The van der Waals surface area contributed by atoms with Crippen molar-refractivity contribution in [3.63, 3.8) is 0 Å². The van der Waals surface area contributed by atoms with Crippen LogP contribution in [0, 0.1) is 5.41 Å². The molecule has 1 amide bonds. The molecule has 1 aromatic heterocycles. The van der Waals surface area contributed by atoms with Crippen LogP contribution in [0.2, 0.25) is 0 Å². The topological polar surface area (TPSA) is 113 Å². The number of nitrogens with two attached hydrogens (primary N) is 1. The van der Waals surface area contributed by atoms with E-state index in [1.807, 2.05) is 6.92 Å². The van der Waals surface area contributed by atoms with Crippen LogP contribution in [0.1, 0.15) is 42.9 Å². The number of nitrogens with zero attached hydrogens (tertiary/aromatic N) is 1. The van der Waals surface area contributed by atoms with E-state index in [1.54, 1.807) is 0 Å². The molecule has 8 heteroatoms. The van der Waals surface area contributed by atoms with E-state index < -0.39 is 6.09 Å². The van der Waals surface area contributed by atoms with Gasteiger partial charge < -0.3 is 21.1 Å². The van der Waals surface area contributed by atoms with Crippen molar-refractivity contribution in [3.05, 3.63) is 10.6 Å². The van der Waals surface area contributed by atoms with Gasteiger partial charge in [-0.2, -0.15) is 0 Å². The first kappa shape index (κ1) is 14.6. The molecule has 0 radical (unpaired) electrons. The minimum Gasteiger partial charge on any atom is -0.440 e. The summed E-state index contributed by atoms with van der Waals surface area (Å²) in [7, 11) is 0. The van der Waals surface area contributed by atoms with Crippen molar-refractivity contribution in [3.8, 4) is 0 Å². The zero-order valence-electron chi connectivity index (χ0n) is 11.4. The van der Waals surface area contributed by atoms with E-state index in [2.05, 4.69) is 15.6 Å². The standard InChI is InChI=1S/C12H19N5O2S/c1-2-6-15-12(18)19-7-4-3-5-8-9(7)16-11(20-8)17-10(13)14/h7H,2-6H2,1H3,(H,15,18)(H4,13,14,16,17). The fourth-order valence-electron chi connectivity index (χ4n) is 2.06. The maximum absolute atomic E-state index is 11.6. The molecular weight excluding hydrogens is 278 g/mol. The highest BCUT2D eigenvalue weighted by atomic mass is 32.1. The highest BCUT2D eigenvalue weighted by molar-refractivity contribution is 7.15. The van der Waals surface area contributed by atoms with Crippen molar-refractivity contribution >= 4 is 28.5 Å². The Morgan fingerprint density at radius 2 is 2.45 bits per heavy atom. The Hall–Kier alpha value is -1.83. The van der Waals surface area contributed by atoms with Crippen LogP contribution in [0.15, 0.2) is 0 Å². The zero-order valence-corrected chi connectivity index (χ0v) is 12.2. The summed E-state index contributed by atoms with van der Waals surface area (Å²) in [5, 5.41) is 13.2. The maximum Gasteiger partial charge on any atom is 0.407 e. The third-order valence-electron chi connectivity index (χ3n) is 2.91. The number of thiazole rings is 1. The number of aromatic nitrogens is 1. The number of carbonyl (C=O) groups is 1. The zero-order chi connectivity index (χ0) is 14.5. The quantitative estimate of drug-likeness (QED) is 0.501. The van der Waals surface area contributed by atoms with Gasteiger partial charge in [0.1, 0.15) is 6.10 Å². The molecule has 5 N–H and O–H groups in total. The molecule has 0 spiro atoms. The van der Waals surface area contributed by atoms with Crippen LogP contribution in [0.4, 0.5) is 9.93 Å². The largest absolute Gasteiger partial charge is 0.440 e. The van der Waals surface area contributed by atoms with Gasteiger partial charge in [-0.25, -0.2) is 9.78 Å². The summed E-state index contributed by atoms with van der Waals surface area (Å²) in [5.41, 5.74) is 6.08. The number of rotatable bonds is 4. The van der Waals surface area contributed by atoms with Crippen LogP contribution in [-0.4, -0.2) is 23.6 Å². The summed E-state index contributed by atoms with van der Waals surface area (Å²) < 4.78 is 5.42. The first-order valence-electron chi connectivity index (χ1n) is 6.65. The predicted octanol–water partition coefficient (Wildman–Crippen LogP) is 1.96. The summed E-state index contributed by atoms with van der Waals surface area (Å²) >= 11 is 1.46. The lowest BCUT2D eigenvalue weighted by molar-refractivity contribution is 0.0856. The van der Waals surface area contributed by atoms with Gasteiger partial charge in [-0.3, -0.25) is 5.41 Å². The van der Waals surface area contributed by atoms with E-state index in [4.69, 9.17) is 15.9 Å². The van der Waals surface area contributed by atoms with Gasteiger partial charge in [-0.05, 0) is 25.7 Å². The molecule has 0 fully saturated rings. The highest BCUT2D eigenvalue weighted by Gasteiger charge is 2.27. The monoisotopic (exact) mass is 297 g/mol. The number of fused-ring (bicyclic) bond motifs is 1. The molecule has 2 rings (SSSR count). The summed E-state index contributed by atoms with van der Waals surface area (Å²) in [5.74, 6) is -0.144. The number of hydrogen-bond donors (Lipinski definition) is 4. The highest BCUT2D eigenvalue weighted by Crippen LogP contribution is 2.37. The van der Waals surface area contributed by atoms with Crippen LogP contribution in [0.5, 0.6) is 0 Å². The van der Waals surface area contributed by atoms with Crippen molar-refractivity contribution in [2.45, 2.75) is 38.7 Å². The molecule has 0 aliphatic heterocycles. The molecule has 7 nitrogen and oxygen atoms in total. The average molecular weight is 297 g/mol. The van der Waals surface area contributed by atoms with Gasteiger partial charge in [-0.1, -0.05) is 6.92 Å². The molecule has 1 aliphatic rings. The number of nitrogens with one attached hydrogen (secondary N) is 3. The van der Waals surface area contributed by atoms with E-state index in [0.29, 0.717) is 11.7 Å². The second-order valence-corrected chi connectivity index (χ2v) is 5.66. The lowest BCUT2D eigenvalue weighted by atomic mass is 10.0. The molecule has 1 atom stereocenters. The fourth-order valence-corrected chi connectivity index (χ4v) is 3.13. The Morgan fingerprint density at radius 1 is 1.65 bits per heavy atom. The van der Waals surface area contributed by atoms with Crippen molar-refractivity contribution in [1.82, 2.24) is 10.3 Å². The Bertz CT molecular complexity index is 502. The summed E-state index contributed by atoms with van der Waals surface area (Å²) in [6.07, 6.45) is 2.81. The van der Waals surface area contributed by atoms with Crippen molar-refractivity contribution in [2.75, 3.05) is 11.9 Å². The number of ether oxygens (including phenoxy) is 1. The number of aryl methyl sites for hydroxylation is 1. The fraction of sp³-hybridized carbons (Fsp3) is 0.583. The lowest BCUT2D eigenvalue weighted by Crippen LogP contribution is -2.27. The van der Waals surface area contributed by atoms with Gasteiger partial charge in [-0.15, -0.1) is 11.3 Å². The molecule has 1 heterocycles. The van der Waals surface area contributed by atoms with E-state index in [9.17, 15) is 4.79 Å². The molecule has 1 aromatic rings. The number of alkyl carbamates (subject to hydrolysis) is 1. The number of anilines is 1. The summed E-state index contributed by atoms with van der Waals surface area (Å²) in [6, 6.07) is 0. The third-order valence-corrected chi connectivity index (χ3v) is 3.96. The van der Waals surface area contributed by atoms with Crippen LogP contribution >= 0.6 is 11.3 Å². The number of amides is 1. The van der Waals surface area contributed by atoms with Crippen molar-refractivity contribution in [2.24, 2.45) is 5.73 Å². The molecule has 1 unspecified atom stereocenters. The van der Waals surface area contributed by atoms with Gasteiger partial charge in [0, 0.05) is 11.4 Å².